The summed E-state index contributed by atoms with van der Waals surface area (Å²) in [6, 6.07) is 7.95. The highest BCUT2D eigenvalue weighted by Crippen LogP contribution is 2.33. The Morgan fingerprint density at radius 1 is 0.667 bits per heavy atom. The van der Waals surface area contributed by atoms with E-state index in [4.69, 9.17) is 0 Å². The number of phenols is 2. The molecule has 0 radical (unpaired) electrons. The number of aromatic hydroxyl groups is 2. The van der Waals surface area contributed by atoms with Gasteiger partial charge in [-0.05, 0) is 62.1 Å². The van der Waals surface area contributed by atoms with Crippen LogP contribution in [0.5, 0.6) is 11.5 Å². The van der Waals surface area contributed by atoms with Gasteiger partial charge in [0.1, 0.15) is 11.5 Å². The first-order valence-corrected chi connectivity index (χ1v) is 8.23. The van der Waals surface area contributed by atoms with Crippen molar-refractivity contribution in [2.75, 3.05) is 37.0 Å². The smallest absolute Gasteiger partial charge is 0.141 e. The molecular weight excluding hydrogens is 300 g/mol. The first-order valence-electron chi connectivity index (χ1n) is 8.23. The van der Waals surface area contributed by atoms with E-state index in [0.29, 0.717) is 11.5 Å². The Balaban J connectivity index is 2.13. The van der Waals surface area contributed by atoms with Crippen LogP contribution in [0.1, 0.15) is 22.3 Å². The molecule has 0 aromatic heterocycles. The number of hydrogen-bond donors (Lipinski definition) is 2. The van der Waals surface area contributed by atoms with Crippen molar-refractivity contribution in [3.8, 4) is 11.5 Å². The second-order valence-corrected chi connectivity index (χ2v) is 6.74. The van der Waals surface area contributed by atoms with Crippen LogP contribution < -0.4 is 9.80 Å². The van der Waals surface area contributed by atoms with Crippen molar-refractivity contribution < 1.29 is 10.2 Å². The number of aryl methyl sites for hydroxylation is 4. The molecule has 0 aliphatic rings. The lowest BCUT2D eigenvalue weighted by Crippen LogP contribution is -2.31. The van der Waals surface area contributed by atoms with Crippen LogP contribution in [0, 0.1) is 27.7 Å². The molecular formula is C20H28N2O2. The van der Waals surface area contributed by atoms with E-state index in [-0.39, 0.29) is 0 Å². The number of rotatable bonds is 5. The summed E-state index contributed by atoms with van der Waals surface area (Å²) in [4.78, 5) is 4.09. The standard InChI is InChI=1S/C20H28N2O2/c1-13-9-15(3)19(23)17(11-13)21(5)7-8-22(6)18-12-14(2)10-16(4)20(18)24/h9-12,23-24H,7-8H2,1-6H3. The van der Waals surface area contributed by atoms with E-state index in [9.17, 15) is 10.2 Å². The zero-order chi connectivity index (χ0) is 18.0. The molecule has 0 fully saturated rings. The fraction of sp³-hybridized carbons (Fsp3) is 0.400. The summed E-state index contributed by atoms with van der Waals surface area (Å²) in [6.07, 6.45) is 0. The Hall–Kier alpha value is -2.36. The summed E-state index contributed by atoms with van der Waals surface area (Å²) in [6.45, 7) is 9.37. The van der Waals surface area contributed by atoms with E-state index in [1.165, 1.54) is 0 Å². The van der Waals surface area contributed by atoms with Gasteiger partial charge in [0.05, 0.1) is 11.4 Å². The lowest BCUT2D eigenvalue weighted by atomic mass is 10.1. The van der Waals surface area contributed by atoms with Crippen LogP contribution in [0.3, 0.4) is 0 Å². The predicted octanol–water partition coefficient (Wildman–Crippen LogP) is 3.90. The van der Waals surface area contributed by atoms with Gasteiger partial charge in [-0.25, -0.2) is 0 Å². The second-order valence-electron chi connectivity index (χ2n) is 6.74. The van der Waals surface area contributed by atoms with Gasteiger partial charge in [-0.3, -0.25) is 0 Å². The maximum absolute atomic E-state index is 10.3. The van der Waals surface area contributed by atoms with Gasteiger partial charge >= 0.3 is 0 Å². The molecule has 130 valence electrons. The van der Waals surface area contributed by atoms with Crippen LogP contribution in [0.25, 0.3) is 0 Å². The van der Waals surface area contributed by atoms with Crippen molar-refractivity contribution >= 4 is 11.4 Å². The zero-order valence-corrected chi connectivity index (χ0v) is 15.5. The lowest BCUT2D eigenvalue weighted by molar-refractivity contribution is 0.468. The fourth-order valence-corrected chi connectivity index (χ4v) is 3.00. The highest BCUT2D eigenvalue weighted by molar-refractivity contribution is 5.64. The monoisotopic (exact) mass is 328 g/mol. The third-order valence-corrected chi connectivity index (χ3v) is 4.44. The zero-order valence-electron chi connectivity index (χ0n) is 15.5. The summed E-state index contributed by atoms with van der Waals surface area (Å²) in [5.74, 6) is 0.667. The van der Waals surface area contributed by atoms with Crippen LogP contribution in [-0.2, 0) is 0 Å². The Morgan fingerprint density at radius 3 is 1.33 bits per heavy atom. The van der Waals surface area contributed by atoms with E-state index in [2.05, 4.69) is 0 Å². The van der Waals surface area contributed by atoms with Crippen molar-refractivity contribution in [2.45, 2.75) is 27.7 Å². The molecule has 4 heteroatoms. The molecule has 0 unspecified atom stereocenters. The molecule has 0 bridgehead atoms. The highest BCUT2D eigenvalue weighted by Gasteiger charge is 2.13. The molecule has 0 aliphatic carbocycles. The highest BCUT2D eigenvalue weighted by atomic mass is 16.3. The Kier molecular flexibility index (Phi) is 5.27. The Labute approximate surface area is 145 Å². The number of hydrogen-bond acceptors (Lipinski definition) is 4. The maximum atomic E-state index is 10.3. The molecule has 0 spiro atoms. The van der Waals surface area contributed by atoms with Gasteiger partial charge in [-0.15, -0.1) is 0 Å². The molecule has 0 amide bonds. The number of anilines is 2. The summed E-state index contributed by atoms with van der Waals surface area (Å²) in [5, 5.41) is 20.6. The van der Waals surface area contributed by atoms with Gasteiger partial charge in [0.15, 0.2) is 0 Å². The normalized spacial score (nSPS) is 10.8. The summed E-state index contributed by atoms with van der Waals surface area (Å²) in [7, 11) is 3.95. The minimum Gasteiger partial charge on any atom is -0.505 e. The molecule has 2 rings (SSSR count). The molecule has 0 saturated carbocycles. The molecule has 24 heavy (non-hydrogen) atoms. The largest absolute Gasteiger partial charge is 0.505 e. The minimum absolute atomic E-state index is 0.333. The SMILES string of the molecule is Cc1cc(C)c(O)c(N(C)CCN(C)c2cc(C)cc(C)c2O)c1. The van der Waals surface area contributed by atoms with E-state index in [1.54, 1.807) is 0 Å². The van der Waals surface area contributed by atoms with Gasteiger partial charge in [-0.1, -0.05) is 12.1 Å². The van der Waals surface area contributed by atoms with Crippen molar-refractivity contribution in [1.29, 1.82) is 0 Å². The molecule has 0 heterocycles. The third kappa shape index (κ3) is 3.75. The molecule has 2 N–H and O–H groups in total. The molecule has 0 atom stereocenters. The lowest BCUT2D eigenvalue weighted by Gasteiger charge is -2.27. The average molecular weight is 328 g/mol. The van der Waals surface area contributed by atoms with Crippen LogP contribution in [0.2, 0.25) is 0 Å². The van der Waals surface area contributed by atoms with Crippen molar-refractivity contribution in [1.82, 2.24) is 0 Å². The fourth-order valence-electron chi connectivity index (χ4n) is 3.00. The molecule has 2 aromatic carbocycles. The van der Waals surface area contributed by atoms with Crippen LogP contribution >= 0.6 is 0 Å². The maximum Gasteiger partial charge on any atom is 0.141 e. The predicted molar refractivity (Wildman–Crippen MR) is 102 cm³/mol. The molecule has 0 saturated heterocycles. The molecule has 2 aromatic rings. The average Bonchev–Trinajstić information content (AvgIpc) is 2.51. The first kappa shape index (κ1) is 18.0. The van der Waals surface area contributed by atoms with Crippen molar-refractivity contribution in [2.24, 2.45) is 0 Å². The number of likely N-dealkylation sites (N-methyl/N-ethyl adjacent to an activating group) is 2. The van der Waals surface area contributed by atoms with Crippen LogP contribution in [0.15, 0.2) is 24.3 Å². The van der Waals surface area contributed by atoms with Gasteiger partial charge < -0.3 is 20.0 Å². The van der Waals surface area contributed by atoms with Crippen LogP contribution in [0.4, 0.5) is 11.4 Å². The first-order chi connectivity index (χ1) is 11.2. The summed E-state index contributed by atoms with van der Waals surface area (Å²) in [5.41, 5.74) is 5.71. The molecule has 0 aliphatic heterocycles. The summed E-state index contributed by atoms with van der Waals surface area (Å²) >= 11 is 0. The van der Waals surface area contributed by atoms with E-state index in [1.807, 2.05) is 75.9 Å². The van der Waals surface area contributed by atoms with Gasteiger partial charge in [-0.2, -0.15) is 0 Å². The van der Waals surface area contributed by atoms with Crippen molar-refractivity contribution in [3.05, 3.63) is 46.5 Å². The minimum atomic E-state index is 0.333. The number of nitrogens with zero attached hydrogens (tertiary/aromatic N) is 2. The second kappa shape index (κ2) is 7.04. The topological polar surface area (TPSA) is 46.9 Å². The van der Waals surface area contributed by atoms with Gasteiger partial charge in [0.2, 0.25) is 0 Å². The van der Waals surface area contributed by atoms with Gasteiger partial charge in [0.25, 0.3) is 0 Å². The number of phenolic OH excluding ortho intramolecular Hbond substituents is 2. The quantitative estimate of drug-likeness (QED) is 0.874. The van der Waals surface area contributed by atoms with Gasteiger partial charge in [0, 0.05) is 27.2 Å². The van der Waals surface area contributed by atoms with Crippen LogP contribution in [-0.4, -0.2) is 37.4 Å². The Bertz CT molecular complexity index is 677. The van der Waals surface area contributed by atoms with E-state index in [0.717, 1.165) is 46.7 Å². The third-order valence-electron chi connectivity index (χ3n) is 4.44. The van der Waals surface area contributed by atoms with E-state index < -0.39 is 0 Å². The molecule has 4 nitrogen and oxygen atoms in total. The van der Waals surface area contributed by atoms with Crippen molar-refractivity contribution in [3.63, 3.8) is 0 Å². The number of benzene rings is 2. The van der Waals surface area contributed by atoms with E-state index >= 15 is 0 Å². The Morgan fingerprint density at radius 2 is 1.00 bits per heavy atom. The summed E-state index contributed by atoms with van der Waals surface area (Å²) < 4.78 is 0.